The summed E-state index contributed by atoms with van der Waals surface area (Å²) in [4.78, 5) is 14.4. The normalized spacial score (nSPS) is 29.5. The fourth-order valence-electron chi connectivity index (χ4n) is 5.93. The van der Waals surface area contributed by atoms with Gasteiger partial charge < -0.3 is 10.2 Å². The van der Waals surface area contributed by atoms with Crippen molar-refractivity contribution in [3.63, 3.8) is 0 Å². The summed E-state index contributed by atoms with van der Waals surface area (Å²) in [6.45, 7) is 11.1. The number of nitrogens with zero attached hydrogens (tertiary/aromatic N) is 1. The Balaban J connectivity index is 1.78. The maximum absolute atomic E-state index is 12.3. The SMILES string of the molecule is CC(C)c1ccc2c(c1)CC[C@H]1[C@](C)(CNC(=O)CCN(C)C)CCC[C@]21C. The van der Waals surface area contributed by atoms with Crippen LogP contribution in [0, 0.1) is 11.3 Å². The highest BCUT2D eigenvalue weighted by atomic mass is 16.1. The van der Waals surface area contributed by atoms with E-state index in [9.17, 15) is 4.79 Å². The van der Waals surface area contributed by atoms with Crippen LogP contribution < -0.4 is 5.32 Å². The van der Waals surface area contributed by atoms with Gasteiger partial charge in [-0.05, 0) is 79.1 Å². The molecule has 0 bridgehead atoms. The third-order valence-corrected chi connectivity index (χ3v) is 7.64. The van der Waals surface area contributed by atoms with Gasteiger partial charge in [-0.15, -0.1) is 0 Å². The van der Waals surface area contributed by atoms with Crippen LogP contribution in [0.4, 0.5) is 0 Å². The minimum absolute atomic E-state index is 0.190. The molecule has 156 valence electrons. The number of aryl methyl sites for hydroxylation is 1. The van der Waals surface area contributed by atoms with Crippen LogP contribution >= 0.6 is 0 Å². The van der Waals surface area contributed by atoms with Crippen LogP contribution in [0.25, 0.3) is 0 Å². The van der Waals surface area contributed by atoms with Crippen molar-refractivity contribution in [2.75, 3.05) is 27.2 Å². The first-order chi connectivity index (χ1) is 13.2. The second-order valence-electron chi connectivity index (χ2n) is 10.4. The van der Waals surface area contributed by atoms with Gasteiger partial charge in [-0.3, -0.25) is 4.79 Å². The molecule has 0 spiro atoms. The lowest BCUT2D eigenvalue weighted by atomic mass is 9.49. The van der Waals surface area contributed by atoms with Crippen molar-refractivity contribution in [3.8, 4) is 0 Å². The first kappa shape index (κ1) is 21.4. The second-order valence-corrected chi connectivity index (χ2v) is 10.4. The van der Waals surface area contributed by atoms with Gasteiger partial charge in [0.25, 0.3) is 0 Å². The molecule has 0 radical (unpaired) electrons. The molecule has 1 amide bonds. The van der Waals surface area contributed by atoms with Crippen molar-refractivity contribution in [2.24, 2.45) is 11.3 Å². The van der Waals surface area contributed by atoms with E-state index in [1.807, 2.05) is 14.1 Å². The highest BCUT2D eigenvalue weighted by molar-refractivity contribution is 5.76. The summed E-state index contributed by atoms with van der Waals surface area (Å²) in [5, 5.41) is 3.28. The van der Waals surface area contributed by atoms with Gasteiger partial charge in [0.2, 0.25) is 5.91 Å². The van der Waals surface area contributed by atoms with Crippen LogP contribution in [0.1, 0.15) is 82.4 Å². The third-order valence-electron chi connectivity index (χ3n) is 7.64. The van der Waals surface area contributed by atoms with Gasteiger partial charge >= 0.3 is 0 Å². The van der Waals surface area contributed by atoms with Gasteiger partial charge in [-0.25, -0.2) is 0 Å². The molecule has 28 heavy (non-hydrogen) atoms. The number of rotatable bonds is 6. The van der Waals surface area contributed by atoms with Crippen LogP contribution in [0.5, 0.6) is 0 Å². The Labute approximate surface area is 172 Å². The van der Waals surface area contributed by atoms with Gasteiger partial charge in [0.15, 0.2) is 0 Å². The highest BCUT2D eigenvalue weighted by Gasteiger charge is 2.51. The Bertz CT molecular complexity index is 710. The quantitative estimate of drug-likeness (QED) is 0.757. The molecular weight excluding hydrogens is 344 g/mol. The lowest BCUT2D eigenvalue weighted by Crippen LogP contribution is -2.53. The summed E-state index contributed by atoms with van der Waals surface area (Å²) < 4.78 is 0. The van der Waals surface area contributed by atoms with Crippen LogP contribution in [0.15, 0.2) is 18.2 Å². The largest absolute Gasteiger partial charge is 0.356 e. The van der Waals surface area contributed by atoms with E-state index in [0.717, 1.165) is 13.1 Å². The lowest BCUT2D eigenvalue weighted by Gasteiger charge is -2.55. The maximum Gasteiger partial charge on any atom is 0.221 e. The first-order valence-corrected chi connectivity index (χ1v) is 11.2. The lowest BCUT2D eigenvalue weighted by molar-refractivity contribution is -0.122. The molecule has 1 aromatic rings. The van der Waals surface area contributed by atoms with Crippen molar-refractivity contribution in [1.29, 1.82) is 0 Å². The predicted molar refractivity (Wildman–Crippen MR) is 118 cm³/mol. The summed E-state index contributed by atoms with van der Waals surface area (Å²) >= 11 is 0. The van der Waals surface area contributed by atoms with E-state index in [1.165, 1.54) is 37.7 Å². The maximum atomic E-state index is 12.3. The summed E-state index contributed by atoms with van der Waals surface area (Å²) in [7, 11) is 4.04. The first-order valence-electron chi connectivity index (χ1n) is 11.2. The van der Waals surface area contributed by atoms with Crippen molar-refractivity contribution in [3.05, 3.63) is 34.9 Å². The van der Waals surface area contributed by atoms with Crippen molar-refractivity contribution in [1.82, 2.24) is 10.2 Å². The van der Waals surface area contributed by atoms with Crippen LogP contribution in [-0.2, 0) is 16.6 Å². The Morgan fingerprint density at radius 3 is 2.68 bits per heavy atom. The number of amides is 1. The van der Waals surface area contributed by atoms with Crippen molar-refractivity contribution in [2.45, 2.75) is 77.6 Å². The van der Waals surface area contributed by atoms with E-state index in [0.29, 0.717) is 18.3 Å². The molecule has 0 aliphatic heterocycles. The molecule has 1 N–H and O–H groups in total. The van der Waals surface area contributed by atoms with Gasteiger partial charge in [-0.1, -0.05) is 52.3 Å². The molecule has 0 saturated heterocycles. The number of hydrogen-bond donors (Lipinski definition) is 1. The topological polar surface area (TPSA) is 32.3 Å². The Kier molecular flexibility index (Phi) is 6.24. The van der Waals surface area contributed by atoms with E-state index in [-0.39, 0.29) is 16.7 Å². The third kappa shape index (κ3) is 4.15. The standard InChI is InChI=1S/C25H40N2O/c1-18(2)19-8-10-21-20(16-19)9-11-22-24(3,13-7-14-25(21,22)4)17-26-23(28)12-15-27(5)6/h8,10,16,18,22H,7,9,11-15,17H2,1-6H3,(H,26,28)/t22-,24-,25+/m0/s1. The molecule has 0 unspecified atom stereocenters. The molecular formula is C25H40N2O. The van der Waals surface area contributed by atoms with Crippen molar-refractivity contribution >= 4 is 5.91 Å². The molecule has 1 fully saturated rings. The predicted octanol–water partition coefficient (Wildman–Crippen LogP) is 4.89. The summed E-state index contributed by atoms with van der Waals surface area (Å²) in [6, 6.07) is 7.25. The Hall–Kier alpha value is -1.35. The number of carbonyl (C=O) groups is 1. The molecule has 3 nitrogen and oxygen atoms in total. The van der Waals surface area contributed by atoms with E-state index in [4.69, 9.17) is 0 Å². The van der Waals surface area contributed by atoms with E-state index < -0.39 is 0 Å². The molecule has 2 aliphatic rings. The molecule has 0 aromatic heterocycles. The summed E-state index contributed by atoms with van der Waals surface area (Å²) in [6.07, 6.45) is 6.76. The summed E-state index contributed by atoms with van der Waals surface area (Å²) in [5.74, 6) is 1.42. The number of benzene rings is 1. The highest BCUT2D eigenvalue weighted by Crippen LogP contribution is 2.57. The molecule has 1 aromatic carbocycles. The molecule has 3 rings (SSSR count). The Morgan fingerprint density at radius 2 is 2.00 bits per heavy atom. The van der Waals surface area contributed by atoms with Crippen LogP contribution in [0.3, 0.4) is 0 Å². The monoisotopic (exact) mass is 384 g/mol. The van der Waals surface area contributed by atoms with E-state index in [1.54, 1.807) is 11.1 Å². The average molecular weight is 385 g/mol. The number of nitrogens with one attached hydrogen (secondary N) is 1. The molecule has 3 heteroatoms. The smallest absolute Gasteiger partial charge is 0.221 e. The fourth-order valence-corrected chi connectivity index (χ4v) is 5.93. The zero-order valence-corrected chi connectivity index (χ0v) is 18.9. The van der Waals surface area contributed by atoms with E-state index in [2.05, 4.69) is 56.1 Å². The summed E-state index contributed by atoms with van der Waals surface area (Å²) in [5.41, 5.74) is 5.05. The fraction of sp³-hybridized carbons (Fsp3) is 0.720. The minimum atomic E-state index is 0.190. The number of hydrogen-bond acceptors (Lipinski definition) is 2. The Morgan fingerprint density at radius 1 is 1.25 bits per heavy atom. The average Bonchev–Trinajstić information content (AvgIpc) is 2.64. The zero-order chi connectivity index (χ0) is 20.5. The number of carbonyl (C=O) groups excluding carboxylic acids is 1. The molecule has 0 heterocycles. The van der Waals surface area contributed by atoms with Gasteiger partial charge in [0.05, 0.1) is 0 Å². The molecule has 3 atom stereocenters. The zero-order valence-electron chi connectivity index (χ0n) is 18.9. The van der Waals surface area contributed by atoms with Gasteiger partial charge in [0, 0.05) is 19.5 Å². The van der Waals surface area contributed by atoms with Crippen molar-refractivity contribution < 1.29 is 4.79 Å². The minimum Gasteiger partial charge on any atom is -0.356 e. The molecule has 1 saturated carbocycles. The molecule has 2 aliphatic carbocycles. The number of fused-ring (bicyclic) bond motifs is 3. The van der Waals surface area contributed by atoms with Crippen LogP contribution in [0.2, 0.25) is 0 Å². The van der Waals surface area contributed by atoms with E-state index >= 15 is 0 Å². The second kappa shape index (κ2) is 8.18. The van der Waals surface area contributed by atoms with Gasteiger partial charge in [0.1, 0.15) is 0 Å². The van der Waals surface area contributed by atoms with Crippen LogP contribution in [-0.4, -0.2) is 38.0 Å². The van der Waals surface area contributed by atoms with Gasteiger partial charge in [-0.2, -0.15) is 0 Å².